The molecule has 2 aliphatic rings. The standard InChI is InChI=1S/C25H21ClF2N4O/c1-15(2)29-22(16-6-8-17(26)9-7-16)12-18(33)13-32-11-10-21-23(14-32)31-25(30-21)19-4-3-5-20(27)24(19)28/h3-12,14-15,29H,13H2,1-2H3. The highest BCUT2D eigenvalue weighted by atomic mass is 35.5. The second-order valence-electron chi connectivity index (χ2n) is 7.87. The topological polar surface area (TPSA) is 59.8 Å². The minimum Gasteiger partial charge on any atom is -0.382 e. The van der Waals surface area contributed by atoms with Gasteiger partial charge in [-0.2, -0.15) is 0 Å². The lowest BCUT2D eigenvalue weighted by Crippen LogP contribution is -2.22. The lowest BCUT2D eigenvalue weighted by Gasteiger charge is -2.15. The van der Waals surface area contributed by atoms with Crippen LogP contribution in [-0.2, 0) is 11.3 Å². The number of allylic oxidation sites excluding steroid dienone is 1. The summed E-state index contributed by atoms with van der Waals surface area (Å²) in [5, 5.41) is 3.91. The van der Waals surface area contributed by atoms with Crippen LogP contribution in [0.5, 0.6) is 0 Å². The molecule has 0 bridgehead atoms. The van der Waals surface area contributed by atoms with E-state index >= 15 is 0 Å². The molecule has 0 fully saturated rings. The van der Waals surface area contributed by atoms with Crippen LogP contribution in [0.25, 0.3) is 28.5 Å². The summed E-state index contributed by atoms with van der Waals surface area (Å²) in [7, 11) is 0. The number of benzene rings is 2. The average Bonchev–Trinajstić information content (AvgIpc) is 3.18. The van der Waals surface area contributed by atoms with Crippen molar-refractivity contribution in [1.82, 2.24) is 19.9 Å². The second-order valence-corrected chi connectivity index (χ2v) is 8.30. The molecular weight excluding hydrogens is 446 g/mol. The zero-order chi connectivity index (χ0) is 23.5. The first-order valence-corrected chi connectivity index (χ1v) is 10.7. The van der Waals surface area contributed by atoms with Crippen molar-refractivity contribution in [2.45, 2.75) is 26.4 Å². The van der Waals surface area contributed by atoms with E-state index in [0.29, 0.717) is 22.1 Å². The van der Waals surface area contributed by atoms with Crippen molar-refractivity contribution in [1.29, 1.82) is 0 Å². The molecule has 2 aromatic rings. The molecule has 4 rings (SSSR count). The fourth-order valence-corrected chi connectivity index (χ4v) is 3.51. The highest BCUT2D eigenvalue weighted by molar-refractivity contribution is 6.30. The third-order valence-corrected chi connectivity index (χ3v) is 5.11. The van der Waals surface area contributed by atoms with Gasteiger partial charge in [0.1, 0.15) is 5.69 Å². The summed E-state index contributed by atoms with van der Waals surface area (Å²) in [5.41, 5.74) is 2.54. The second kappa shape index (κ2) is 9.50. The van der Waals surface area contributed by atoms with Gasteiger partial charge in [-0.25, -0.2) is 18.7 Å². The maximum absolute atomic E-state index is 14.1. The summed E-state index contributed by atoms with van der Waals surface area (Å²) in [5.74, 6) is -1.99. The van der Waals surface area contributed by atoms with Gasteiger partial charge in [-0.05, 0) is 49.7 Å². The van der Waals surface area contributed by atoms with Crippen LogP contribution in [-0.4, -0.2) is 26.4 Å². The molecule has 33 heavy (non-hydrogen) atoms. The van der Waals surface area contributed by atoms with Gasteiger partial charge in [0.25, 0.3) is 0 Å². The summed E-state index contributed by atoms with van der Waals surface area (Å²) in [4.78, 5) is 21.4. The predicted molar refractivity (Wildman–Crippen MR) is 125 cm³/mol. The van der Waals surface area contributed by atoms with Crippen LogP contribution >= 0.6 is 11.6 Å². The molecule has 2 aromatic carbocycles. The molecule has 1 N–H and O–H groups in total. The number of rotatable bonds is 7. The summed E-state index contributed by atoms with van der Waals surface area (Å²) in [6.07, 6.45) is 4.92. The molecule has 0 amide bonds. The number of ketones is 1. The van der Waals surface area contributed by atoms with Gasteiger partial charge < -0.3 is 9.88 Å². The van der Waals surface area contributed by atoms with Crippen molar-refractivity contribution in [2.24, 2.45) is 0 Å². The number of carbonyl (C=O) groups is 1. The molecule has 0 radical (unpaired) electrons. The molecule has 0 unspecified atom stereocenters. The van der Waals surface area contributed by atoms with Crippen LogP contribution in [0.1, 0.15) is 19.4 Å². The van der Waals surface area contributed by atoms with Crippen molar-refractivity contribution < 1.29 is 13.6 Å². The van der Waals surface area contributed by atoms with E-state index in [1.165, 1.54) is 12.1 Å². The number of carbonyl (C=O) groups excluding carboxylic acids is 1. The van der Waals surface area contributed by atoms with Crippen LogP contribution < -0.4 is 5.32 Å². The van der Waals surface area contributed by atoms with Gasteiger partial charge in [-0.3, -0.25) is 4.79 Å². The Kier molecular flexibility index (Phi) is 6.51. The molecule has 0 aromatic heterocycles. The number of fused-ring (bicyclic) bond motifs is 1. The lowest BCUT2D eigenvalue weighted by atomic mass is 10.1. The van der Waals surface area contributed by atoms with Crippen LogP contribution in [0.4, 0.5) is 8.78 Å². The number of imidazole rings is 1. The highest BCUT2D eigenvalue weighted by Gasteiger charge is 2.18. The van der Waals surface area contributed by atoms with Crippen LogP contribution in [0.2, 0.25) is 5.02 Å². The summed E-state index contributed by atoms with van der Waals surface area (Å²) >= 11 is 5.98. The van der Waals surface area contributed by atoms with Crippen LogP contribution in [0.15, 0.2) is 67.0 Å². The van der Waals surface area contributed by atoms with Crippen molar-refractivity contribution >= 4 is 23.1 Å². The number of aromatic nitrogens is 3. The molecule has 0 atom stereocenters. The maximum atomic E-state index is 14.1. The van der Waals surface area contributed by atoms with E-state index in [1.807, 2.05) is 26.0 Å². The Labute approximate surface area is 195 Å². The molecule has 5 nitrogen and oxygen atoms in total. The minimum absolute atomic E-state index is 0.0101. The number of nitrogens with one attached hydrogen (secondary N) is 1. The fraction of sp³-hybridized carbons (Fsp3) is 0.160. The molecule has 0 saturated heterocycles. The number of nitrogens with zero attached hydrogens (tertiary/aromatic N) is 3. The van der Waals surface area contributed by atoms with E-state index in [9.17, 15) is 13.6 Å². The first-order valence-electron chi connectivity index (χ1n) is 10.3. The summed E-state index contributed by atoms with van der Waals surface area (Å²) in [6, 6.07) is 12.9. The smallest absolute Gasteiger partial charge is 0.177 e. The Morgan fingerprint density at radius 1 is 1.09 bits per heavy atom. The normalized spacial score (nSPS) is 11.9. The Hall–Kier alpha value is -3.58. The number of hydrogen-bond acceptors (Lipinski definition) is 4. The van der Waals surface area contributed by atoms with E-state index in [-0.39, 0.29) is 29.8 Å². The molecule has 2 heterocycles. The quantitative estimate of drug-likeness (QED) is 0.361. The van der Waals surface area contributed by atoms with Gasteiger partial charge in [0.05, 0.1) is 17.8 Å². The van der Waals surface area contributed by atoms with Gasteiger partial charge >= 0.3 is 0 Å². The average molecular weight is 467 g/mol. The fourth-order valence-electron chi connectivity index (χ4n) is 3.38. The maximum Gasteiger partial charge on any atom is 0.177 e. The zero-order valence-electron chi connectivity index (χ0n) is 18.0. The molecule has 8 heteroatoms. The van der Waals surface area contributed by atoms with Gasteiger partial charge in [0.15, 0.2) is 23.2 Å². The van der Waals surface area contributed by atoms with Gasteiger partial charge in [0, 0.05) is 35.2 Å². The van der Waals surface area contributed by atoms with Gasteiger partial charge in [-0.1, -0.05) is 29.8 Å². The minimum atomic E-state index is -0.992. The van der Waals surface area contributed by atoms with E-state index in [1.54, 1.807) is 41.2 Å². The zero-order valence-corrected chi connectivity index (χ0v) is 18.8. The third kappa shape index (κ3) is 5.26. The Morgan fingerprint density at radius 3 is 2.55 bits per heavy atom. The largest absolute Gasteiger partial charge is 0.382 e. The van der Waals surface area contributed by atoms with Gasteiger partial charge in [0.2, 0.25) is 0 Å². The molecule has 2 aliphatic heterocycles. The van der Waals surface area contributed by atoms with Crippen molar-refractivity contribution in [3.8, 4) is 22.8 Å². The van der Waals surface area contributed by atoms with Gasteiger partial charge in [-0.15, -0.1) is 0 Å². The van der Waals surface area contributed by atoms with E-state index in [4.69, 9.17) is 11.6 Å². The summed E-state index contributed by atoms with van der Waals surface area (Å²) < 4.78 is 29.4. The first-order chi connectivity index (χ1) is 15.8. The Bertz CT molecular complexity index is 1300. The Morgan fingerprint density at radius 2 is 1.82 bits per heavy atom. The molecular formula is C25H21ClF2N4O. The third-order valence-electron chi connectivity index (χ3n) is 4.86. The molecule has 0 aliphatic carbocycles. The Balaban J connectivity index is 1.59. The number of halogens is 3. The molecule has 0 spiro atoms. The summed E-state index contributed by atoms with van der Waals surface area (Å²) in [6.45, 7) is 4.05. The van der Waals surface area contributed by atoms with E-state index < -0.39 is 11.6 Å². The van der Waals surface area contributed by atoms with E-state index in [0.717, 1.165) is 11.6 Å². The molecule has 168 valence electrons. The van der Waals surface area contributed by atoms with Crippen molar-refractivity contribution in [2.75, 3.05) is 0 Å². The predicted octanol–water partition coefficient (Wildman–Crippen LogP) is 5.59. The highest BCUT2D eigenvalue weighted by Crippen LogP contribution is 2.27. The van der Waals surface area contributed by atoms with Crippen LogP contribution in [0, 0.1) is 11.6 Å². The monoisotopic (exact) mass is 466 g/mol. The first kappa shape index (κ1) is 22.6. The van der Waals surface area contributed by atoms with Crippen molar-refractivity contribution in [3.05, 3.63) is 89.2 Å². The molecule has 0 saturated carbocycles. The SMILES string of the molecule is CC(C)NC(=CC(=O)Cn1ccc2nc(-c3cccc(F)c3F)nc-2c1)c1ccc(Cl)cc1. The number of pyridine rings is 1. The van der Waals surface area contributed by atoms with Crippen LogP contribution in [0.3, 0.4) is 0 Å². The van der Waals surface area contributed by atoms with Crippen molar-refractivity contribution in [3.63, 3.8) is 0 Å². The van der Waals surface area contributed by atoms with E-state index in [2.05, 4.69) is 15.3 Å². The lowest BCUT2D eigenvalue weighted by molar-refractivity contribution is -0.115. The number of hydrogen-bond donors (Lipinski definition) is 1.